The molecule has 0 atom stereocenters. The van der Waals surface area contributed by atoms with Crippen LogP contribution in [0, 0.1) is 6.92 Å². The first-order valence-electron chi connectivity index (χ1n) is 4.04. The van der Waals surface area contributed by atoms with Crippen LogP contribution in [0.5, 0.6) is 5.75 Å². The van der Waals surface area contributed by atoms with Gasteiger partial charge in [0.2, 0.25) is 0 Å². The Bertz CT molecular complexity index is 385. The van der Waals surface area contributed by atoms with E-state index in [9.17, 15) is 13.2 Å². The second kappa shape index (κ2) is 4.18. The van der Waals surface area contributed by atoms with Gasteiger partial charge in [0.25, 0.3) is 0 Å². The number of thioether (sulfide) groups is 1. The van der Waals surface area contributed by atoms with Crippen molar-refractivity contribution in [2.45, 2.75) is 18.0 Å². The Hall–Kier alpha value is -1.10. The van der Waals surface area contributed by atoms with Gasteiger partial charge >= 0.3 is 6.18 Å². The highest BCUT2D eigenvalue weighted by Gasteiger charge is 2.33. The molecule has 0 bridgehead atoms. The highest BCUT2D eigenvalue weighted by atomic mass is 32.2. The topological polar surface area (TPSA) is 20.2 Å². The van der Waals surface area contributed by atoms with Gasteiger partial charge in [-0.05, 0) is 30.0 Å². The standard InChI is InChI=1S/C10H9F3OS/c1-3-15-9-5-7(14)4-8(6(9)2)10(11,12)13/h3-5,14H,1H2,2H3. The van der Waals surface area contributed by atoms with Crippen LogP contribution in [-0.2, 0) is 6.18 Å². The van der Waals surface area contributed by atoms with Crippen LogP contribution in [0.15, 0.2) is 29.0 Å². The molecule has 0 unspecified atom stereocenters. The molecule has 1 nitrogen and oxygen atoms in total. The maximum atomic E-state index is 12.5. The van der Waals surface area contributed by atoms with Gasteiger partial charge in [-0.15, -0.1) is 0 Å². The van der Waals surface area contributed by atoms with E-state index in [2.05, 4.69) is 6.58 Å². The van der Waals surface area contributed by atoms with Crippen molar-refractivity contribution in [3.05, 3.63) is 35.2 Å². The van der Waals surface area contributed by atoms with Crippen LogP contribution in [-0.4, -0.2) is 5.11 Å². The Morgan fingerprint density at radius 2 is 2.00 bits per heavy atom. The van der Waals surface area contributed by atoms with E-state index in [1.165, 1.54) is 18.4 Å². The highest BCUT2D eigenvalue weighted by molar-refractivity contribution is 8.02. The third-order valence-electron chi connectivity index (χ3n) is 1.86. The quantitative estimate of drug-likeness (QED) is 0.782. The Labute approximate surface area is 89.6 Å². The van der Waals surface area contributed by atoms with E-state index in [-0.39, 0.29) is 5.56 Å². The number of hydrogen-bond acceptors (Lipinski definition) is 2. The van der Waals surface area contributed by atoms with Gasteiger partial charge < -0.3 is 5.11 Å². The van der Waals surface area contributed by atoms with Crippen molar-refractivity contribution in [3.63, 3.8) is 0 Å². The number of phenols is 1. The highest BCUT2D eigenvalue weighted by Crippen LogP contribution is 2.38. The average Bonchev–Trinajstić information content (AvgIpc) is 2.09. The first-order chi connectivity index (χ1) is 6.86. The van der Waals surface area contributed by atoms with Gasteiger partial charge in [0, 0.05) is 4.90 Å². The van der Waals surface area contributed by atoms with E-state index in [4.69, 9.17) is 5.11 Å². The molecule has 1 aromatic rings. The largest absolute Gasteiger partial charge is 0.508 e. The zero-order valence-electron chi connectivity index (χ0n) is 7.93. The van der Waals surface area contributed by atoms with E-state index in [1.54, 1.807) is 0 Å². The fraction of sp³-hybridized carbons (Fsp3) is 0.200. The first kappa shape index (κ1) is 12.0. The zero-order chi connectivity index (χ0) is 11.6. The zero-order valence-corrected chi connectivity index (χ0v) is 8.75. The first-order valence-corrected chi connectivity index (χ1v) is 4.92. The molecule has 15 heavy (non-hydrogen) atoms. The number of aromatic hydroxyl groups is 1. The predicted molar refractivity (Wildman–Crippen MR) is 53.9 cm³/mol. The lowest BCUT2D eigenvalue weighted by Crippen LogP contribution is -2.07. The van der Waals surface area contributed by atoms with Gasteiger partial charge in [-0.25, -0.2) is 0 Å². The molecular weight excluding hydrogens is 225 g/mol. The molecule has 1 rings (SSSR count). The second-order valence-electron chi connectivity index (χ2n) is 2.90. The number of phenolic OH excluding ortho intramolecular Hbond substituents is 1. The molecule has 0 aromatic heterocycles. The van der Waals surface area contributed by atoms with Crippen molar-refractivity contribution in [2.24, 2.45) is 0 Å². The monoisotopic (exact) mass is 234 g/mol. The van der Waals surface area contributed by atoms with Crippen LogP contribution in [0.1, 0.15) is 11.1 Å². The van der Waals surface area contributed by atoms with Gasteiger partial charge in [-0.3, -0.25) is 0 Å². The van der Waals surface area contributed by atoms with Crippen molar-refractivity contribution in [1.82, 2.24) is 0 Å². The van der Waals surface area contributed by atoms with Crippen molar-refractivity contribution in [2.75, 3.05) is 0 Å². The summed E-state index contributed by atoms with van der Waals surface area (Å²) >= 11 is 1.05. The molecule has 0 aliphatic rings. The minimum absolute atomic E-state index is 0.102. The molecular formula is C10H9F3OS. The normalized spacial score (nSPS) is 11.5. The SMILES string of the molecule is C=CSc1cc(O)cc(C(F)(F)F)c1C. The summed E-state index contributed by atoms with van der Waals surface area (Å²) in [6, 6.07) is 2.01. The van der Waals surface area contributed by atoms with E-state index in [0.717, 1.165) is 17.8 Å². The smallest absolute Gasteiger partial charge is 0.416 e. The summed E-state index contributed by atoms with van der Waals surface area (Å²) in [6.45, 7) is 4.79. The Morgan fingerprint density at radius 3 is 2.47 bits per heavy atom. The number of halogens is 3. The third-order valence-corrected chi connectivity index (χ3v) is 2.71. The lowest BCUT2D eigenvalue weighted by molar-refractivity contribution is -0.138. The fourth-order valence-corrected chi connectivity index (χ4v) is 1.83. The second-order valence-corrected chi connectivity index (χ2v) is 3.91. The summed E-state index contributed by atoms with van der Waals surface area (Å²) in [5.41, 5.74) is -0.711. The molecule has 0 spiro atoms. The van der Waals surface area contributed by atoms with Crippen LogP contribution in [0.25, 0.3) is 0 Å². The molecule has 0 aliphatic carbocycles. The lowest BCUT2D eigenvalue weighted by Gasteiger charge is -2.13. The van der Waals surface area contributed by atoms with Crippen LogP contribution >= 0.6 is 11.8 Å². The van der Waals surface area contributed by atoms with Crippen LogP contribution in [0.4, 0.5) is 13.2 Å². The minimum atomic E-state index is -4.45. The van der Waals surface area contributed by atoms with Crippen LogP contribution < -0.4 is 0 Å². The predicted octanol–water partition coefficient (Wildman–Crippen LogP) is 3.96. The van der Waals surface area contributed by atoms with Gasteiger partial charge in [-0.2, -0.15) is 13.2 Å². The maximum absolute atomic E-state index is 12.5. The molecule has 0 amide bonds. The molecule has 5 heteroatoms. The molecule has 0 saturated heterocycles. The molecule has 0 saturated carbocycles. The Morgan fingerprint density at radius 1 is 1.40 bits per heavy atom. The maximum Gasteiger partial charge on any atom is 0.416 e. The molecule has 1 N–H and O–H groups in total. The Kier molecular flexibility index (Phi) is 3.34. The lowest BCUT2D eigenvalue weighted by atomic mass is 10.1. The summed E-state index contributed by atoms with van der Waals surface area (Å²) in [4.78, 5) is 0.359. The van der Waals surface area contributed by atoms with Crippen LogP contribution in [0.2, 0.25) is 0 Å². The van der Waals surface area contributed by atoms with Gasteiger partial charge in [0.15, 0.2) is 0 Å². The fourth-order valence-electron chi connectivity index (χ4n) is 1.18. The molecule has 0 aliphatic heterocycles. The van der Waals surface area contributed by atoms with Gasteiger partial charge in [0.1, 0.15) is 5.75 Å². The average molecular weight is 234 g/mol. The van der Waals surface area contributed by atoms with E-state index in [1.807, 2.05) is 0 Å². The molecule has 0 heterocycles. The van der Waals surface area contributed by atoms with Crippen molar-refractivity contribution >= 4 is 11.8 Å². The Balaban J connectivity index is 3.34. The van der Waals surface area contributed by atoms with E-state index >= 15 is 0 Å². The molecule has 82 valence electrons. The van der Waals surface area contributed by atoms with Crippen molar-refractivity contribution in [1.29, 1.82) is 0 Å². The van der Waals surface area contributed by atoms with Crippen LogP contribution in [0.3, 0.4) is 0 Å². The number of rotatable bonds is 2. The molecule has 0 radical (unpaired) electrons. The summed E-state index contributed by atoms with van der Waals surface area (Å²) in [5, 5.41) is 10.6. The summed E-state index contributed by atoms with van der Waals surface area (Å²) < 4.78 is 37.5. The van der Waals surface area contributed by atoms with Crippen molar-refractivity contribution < 1.29 is 18.3 Å². The summed E-state index contributed by atoms with van der Waals surface area (Å²) in [6.07, 6.45) is -4.45. The van der Waals surface area contributed by atoms with Crippen molar-refractivity contribution in [3.8, 4) is 5.75 Å². The van der Waals surface area contributed by atoms with Gasteiger partial charge in [-0.1, -0.05) is 18.3 Å². The van der Waals surface area contributed by atoms with Gasteiger partial charge in [0.05, 0.1) is 5.56 Å². The summed E-state index contributed by atoms with van der Waals surface area (Å²) in [7, 11) is 0. The number of alkyl halides is 3. The molecule has 0 fully saturated rings. The molecule has 1 aromatic carbocycles. The van der Waals surface area contributed by atoms with E-state index < -0.39 is 17.5 Å². The number of hydrogen-bond donors (Lipinski definition) is 1. The number of benzene rings is 1. The minimum Gasteiger partial charge on any atom is -0.508 e. The third kappa shape index (κ3) is 2.68. The van der Waals surface area contributed by atoms with E-state index in [0.29, 0.717) is 4.90 Å². The summed E-state index contributed by atoms with van der Waals surface area (Å²) in [5.74, 6) is -0.391.